The number of carbonyl (C=O) groups excluding carboxylic acids is 1. The number of allylic oxidation sites excluding steroid dienone is 1. The summed E-state index contributed by atoms with van der Waals surface area (Å²) in [6.07, 6.45) is 13.6. The molecule has 0 fully saturated rings. The molecule has 35 heteroatoms. The maximum atomic E-state index is 13.7. The first-order valence-corrected chi connectivity index (χ1v) is 31.1. The molecule has 0 amide bonds. The number of hydrogen-bond acceptors (Lipinski definition) is 14. The molecule has 0 saturated carbocycles. The van der Waals surface area contributed by atoms with Crippen LogP contribution >= 0.6 is 0 Å². The van der Waals surface area contributed by atoms with E-state index in [1.165, 1.54) is 68.5 Å². The van der Waals surface area contributed by atoms with Crippen LogP contribution in [-0.2, 0) is 114 Å². The number of carbonyl (C=O) groups is 1. The van der Waals surface area contributed by atoms with Gasteiger partial charge in [0.25, 0.3) is 21.4 Å². The molecule has 0 unspecified atom stereocenters. The van der Waals surface area contributed by atoms with E-state index in [0.29, 0.717) is 27.9 Å². The zero-order valence-electron chi connectivity index (χ0n) is 63.4. The Morgan fingerprint density at radius 3 is 1.62 bits per heavy atom. The number of aromatic nitrogens is 4. The zero-order valence-corrected chi connectivity index (χ0v) is 70.0. The average molecular weight is 1790 g/mol. The number of fused-ring (bicyclic) bond motifs is 2. The van der Waals surface area contributed by atoms with Gasteiger partial charge in [0, 0.05) is 55.1 Å². The Morgan fingerprint density at radius 2 is 1.13 bits per heavy atom. The minimum absolute atomic E-state index is 0. The molecule has 1 aliphatic carbocycles. The van der Waals surface area contributed by atoms with E-state index in [9.17, 15) is 41.9 Å². The summed E-state index contributed by atoms with van der Waals surface area (Å²) < 4.78 is 66.5. The van der Waals surface area contributed by atoms with Gasteiger partial charge in [0.15, 0.2) is 17.1 Å². The predicted octanol–water partition coefficient (Wildman–Crippen LogP) is 10.8. The topological polar surface area (TPSA) is 494 Å². The quantitative estimate of drug-likeness (QED) is 0.0356. The Hall–Kier alpha value is -8.01. The van der Waals surface area contributed by atoms with Crippen LogP contribution in [0.3, 0.4) is 0 Å². The smallest absolute Gasteiger partial charge is 0.572 e. The number of anilines is 1. The minimum atomic E-state index is -4.26. The average Bonchev–Trinajstić information content (AvgIpc) is 1.05. The maximum Gasteiger partial charge on any atom is 2.00 e. The van der Waals surface area contributed by atoms with Gasteiger partial charge in [-0.25, -0.2) is 21.6 Å². The molecular weight excluding hydrogens is 1690 g/mol. The molecule has 0 saturated heterocycles. The number of pyridine rings is 3. The molecule has 11 rings (SSSR count). The van der Waals surface area contributed by atoms with E-state index in [1.54, 1.807) is 132 Å². The van der Waals surface area contributed by atoms with E-state index >= 15 is 0 Å². The van der Waals surface area contributed by atoms with Gasteiger partial charge in [-0.1, -0.05) is 91.0 Å². The van der Waals surface area contributed by atoms with E-state index in [-0.39, 0.29) is 197 Å². The minimum Gasteiger partial charge on any atom is -0.572 e. The number of hydrogen-bond donors (Lipinski definition) is 2. The SMILES string of the molecule is CC(C)(C)OC(=O)n1ccc2cc(B(O)O)ccc21.CC(C)N(c1ccccc1-c1cccc[n+]1C(C)C)S(=O)(=O)c1ccccc1[N+](=O)[O-].O.O.O.O.O.O.O.O=[N+]([O-])c1ccccc1S(=O)(=O)[N-]c1ccccc1-c1ccccn1.[CH3-].[CH3-].[CH3-].[CH3-].[CH3-].[CH3-].[CH3-].[CH3-].[Ni+2].[Ni+2].[Ni+2].[Ni+2].[Ni+2].[c-]1ccc2c(c1)C=CC2.c1ccncc1. The van der Waals surface area contributed by atoms with Gasteiger partial charge >= 0.3 is 95.7 Å². The summed E-state index contributed by atoms with van der Waals surface area (Å²) in [7, 11) is -9.99. The number of nitro groups is 2. The van der Waals surface area contributed by atoms with Gasteiger partial charge < -0.3 is 117 Å². The second-order valence-electron chi connectivity index (χ2n) is 21.4. The molecule has 27 nitrogen and oxygen atoms in total. The number of para-hydroxylation sites is 3. The van der Waals surface area contributed by atoms with Crippen molar-refractivity contribution in [3.8, 4) is 22.5 Å². The summed E-state index contributed by atoms with van der Waals surface area (Å²) in [6.45, 7) is 13.0. The third-order valence-corrected chi connectivity index (χ3v) is 16.5. The zero-order chi connectivity index (χ0) is 65.2. The summed E-state index contributed by atoms with van der Waals surface area (Å²) in [5.41, 5.74) is 5.59. The molecule has 0 bridgehead atoms. The molecule has 110 heavy (non-hydrogen) atoms. The Labute approximate surface area is 701 Å². The van der Waals surface area contributed by atoms with Crippen molar-refractivity contribution >= 4 is 78.4 Å². The largest absolute Gasteiger partial charge is 2.00 e. The Kier molecular flexibility index (Phi) is 76.5. The Bertz CT molecular complexity index is 4380. The van der Waals surface area contributed by atoms with Crippen molar-refractivity contribution in [2.75, 3.05) is 4.31 Å². The van der Waals surface area contributed by atoms with Crippen molar-refractivity contribution < 1.29 is 172 Å². The van der Waals surface area contributed by atoms with Crippen molar-refractivity contribution in [2.45, 2.75) is 82.4 Å². The standard InChI is InChI=1S/C23H26N3O4S.C17H12N3O4S.C13H16BNO4.C9H7.C5H5N.8CH3.5Ni.7H2O/c1-17(2)24-16-10-9-12-20(24)19-11-5-6-13-21(19)25(18(3)4)31(29,30)23-15-8-7-14-22(23)26(27)28;21-20(22)16-10-3-4-11-17(16)25(23,24)19-15-9-2-1-7-13(15)14-8-5-6-12-18-14;1-13(2,3)19-12(16)15-7-6-9-8-10(14(17)18)4-5-11(9)15;1-2-5-9-7-3-6-8(9)4-1;1-2-4-6-5-3-1;;;;;;;;;;;;;;;;;;;;/h5-18H,1-4H3;1-12H;4-8,17-18H,1-3H3;1,3-5,7H,6H2;1-5H;8*1H3;;;;;;7*1H2/q+1;-1;;-1;;8*-1;5*+2;;;;;;;. The van der Waals surface area contributed by atoms with Crippen molar-refractivity contribution in [1.29, 1.82) is 0 Å². The molecule has 1 aliphatic rings. The number of rotatable bonds is 13. The fourth-order valence-corrected chi connectivity index (χ4v) is 12.2. The van der Waals surface area contributed by atoms with Crippen LogP contribution in [0.2, 0.25) is 0 Å². The molecule has 4 aromatic heterocycles. The van der Waals surface area contributed by atoms with Crippen LogP contribution in [0.5, 0.6) is 0 Å². The van der Waals surface area contributed by atoms with Crippen LogP contribution < -0.4 is 14.3 Å². The van der Waals surface area contributed by atoms with Crippen molar-refractivity contribution in [3.05, 3.63) is 333 Å². The van der Waals surface area contributed by atoms with Crippen LogP contribution in [-0.4, -0.2) is 114 Å². The van der Waals surface area contributed by atoms with Crippen LogP contribution in [0.1, 0.15) is 65.6 Å². The van der Waals surface area contributed by atoms with Gasteiger partial charge in [-0.3, -0.25) is 39.1 Å². The first-order chi connectivity index (χ1) is 42.9. The summed E-state index contributed by atoms with van der Waals surface area (Å²) in [4.78, 5) is 40.4. The van der Waals surface area contributed by atoms with E-state index in [4.69, 9.17) is 14.8 Å². The Morgan fingerprint density at radius 1 is 0.627 bits per heavy atom. The summed E-state index contributed by atoms with van der Waals surface area (Å²) in [5, 5.41) is 41.6. The van der Waals surface area contributed by atoms with Crippen molar-refractivity contribution in [3.63, 3.8) is 0 Å². The number of nitro benzene ring substituents is 2. The van der Waals surface area contributed by atoms with Gasteiger partial charge in [-0.05, 0) is 138 Å². The fraction of sp³-hybridized carbons (Fsp3) is 0.147. The molecule has 4 heterocycles. The predicted molar refractivity (Wildman–Crippen MR) is 426 cm³/mol. The van der Waals surface area contributed by atoms with Crippen molar-refractivity contribution in [2.24, 2.45) is 0 Å². The first-order valence-electron chi connectivity index (χ1n) is 28.2. The van der Waals surface area contributed by atoms with E-state index in [2.05, 4.69) is 57.4 Å². The molecule has 16 N–H and O–H groups in total. The molecule has 622 valence electrons. The number of benzene rings is 6. The molecule has 10 aromatic rings. The summed E-state index contributed by atoms with van der Waals surface area (Å²) >= 11 is 0. The number of nitrogens with zero attached hydrogens (tertiary/aromatic N) is 8. The van der Waals surface area contributed by atoms with E-state index in [1.807, 2.05) is 66.9 Å². The van der Waals surface area contributed by atoms with Crippen LogP contribution in [0.25, 0.3) is 44.2 Å². The number of ether oxygens (including phenoxy) is 1. The monoisotopic (exact) mass is 1790 g/mol. The fourth-order valence-electron chi connectivity index (χ4n) is 9.16. The van der Waals surface area contributed by atoms with Crippen LogP contribution in [0.4, 0.5) is 27.5 Å². The molecule has 0 spiro atoms. The first kappa shape index (κ1) is 134. The van der Waals surface area contributed by atoms with Gasteiger partial charge in [0.1, 0.15) is 20.5 Å². The molecular formula is C75H104BN8Ni5O19S2+. The van der Waals surface area contributed by atoms with Gasteiger partial charge in [-0.15, -0.1) is 22.9 Å². The molecule has 0 aliphatic heterocycles. The molecule has 6 aromatic carbocycles. The third kappa shape index (κ3) is 36.4. The second kappa shape index (κ2) is 62.6. The van der Waals surface area contributed by atoms with Crippen molar-refractivity contribution in [1.82, 2.24) is 14.5 Å². The van der Waals surface area contributed by atoms with Gasteiger partial charge in [0.05, 0.1) is 32.3 Å². The van der Waals surface area contributed by atoms with Gasteiger partial charge in [-0.2, -0.15) is 28.8 Å². The Balaban J connectivity index is -0.0000000889. The summed E-state index contributed by atoms with van der Waals surface area (Å²) in [6, 6.07) is 56.5. The van der Waals surface area contributed by atoms with E-state index < -0.39 is 71.0 Å². The summed E-state index contributed by atoms with van der Waals surface area (Å²) in [5.74, 6) is 0. The van der Waals surface area contributed by atoms with Crippen LogP contribution in [0, 0.1) is 85.7 Å². The number of sulfonamides is 2. The van der Waals surface area contributed by atoms with E-state index in [0.717, 1.165) is 29.1 Å². The second-order valence-corrected chi connectivity index (χ2v) is 24.7. The molecule has 0 radical (unpaired) electrons. The van der Waals surface area contributed by atoms with Crippen LogP contribution in [0.15, 0.2) is 241 Å². The maximum absolute atomic E-state index is 13.7. The third-order valence-electron chi connectivity index (χ3n) is 13.1. The normalized spacial score (nSPS) is 9.37. The molecule has 0 atom stereocenters. The van der Waals surface area contributed by atoms with Gasteiger partial charge in [0.2, 0.25) is 5.69 Å².